The van der Waals surface area contributed by atoms with Crippen LogP contribution in [0.4, 0.5) is 0 Å². The van der Waals surface area contributed by atoms with E-state index in [2.05, 4.69) is 36.5 Å². The summed E-state index contributed by atoms with van der Waals surface area (Å²) in [5.74, 6) is 0.662. The Labute approximate surface area is 182 Å². The van der Waals surface area contributed by atoms with Gasteiger partial charge in [0, 0.05) is 34.6 Å². The number of allylic oxidation sites excluding steroid dienone is 2. The molecule has 1 aliphatic heterocycles. The lowest BCUT2D eigenvalue weighted by atomic mass is 9.57. The molecule has 0 saturated heterocycles. The normalized spacial score (nSPS) is 27.5. The summed E-state index contributed by atoms with van der Waals surface area (Å²) >= 11 is 0. The molecule has 0 radical (unpaired) electrons. The van der Waals surface area contributed by atoms with Crippen molar-refractivity contribution in [3.63, 3.8) is 0 Å². The molecule has 5 rings (SSSR count). The van der Waals surface area contributed by atoms with Gasteiger partial charge in [0.1, 0.15) is 6.07 Å². The SMILES string of the molecule is C[C@H]1C(=O)C(C#N)=C[C@@]2(C)c3nc(C4=CCCNC4)nc(-c4ccccc4)c3CC[C@H]12. The van der Waals surface area contributed by atoms with E-state index >= 15 is 0 Å². The van der Waals surface area contributed by atoms with Crippen LogP contribution in [0.1, 0.15) is 43.8 Å². The quantitative estimate of drug-likeness (QED) is 0.809. The minimum absolute atomic E-state index is 0.0369. The third-order valence-corrected chi connectivity index (χ3v) is 7.20. The Hall–Kier alpha value is -3.10. The van der Waals surface area contributed by atoms with Gasteiger partial charge in [-0.2, -0.15) is 5.26 Å². The molecule has 2 aliphatic carbocycles. The van der Waals surface area contributed by atoms with E-state index in [-0.39, 0.29) is 23.2 Å². The van der Waals surface area contributed by atoms with Gasteiger partial charge >= 0.3 is 0 Å². The highest BCUT2D eigenvalue weighted by atomic mass is 16.1. The second kappa shape index (κ2) is 7.55. The first kappa shape index (κ1) is 19.8. The Bertz CT molecular complexity index is 1160. The van der Waals surface area contributed by atoms with Crippen molar-refractivity contribution >= 4 is 11.4 Å². The lowest BCUT2D eigenvalue weighted by Crippen LogP contribution is -2.46. The molecule has 0 unspecified atom stereocenters. The second-order valence-corrected chi connectivity index (χ2v) is 9.03. The number of ketones is 1. The molecule has 1 aromatic carbocycles. The van der Waals surface area contributed by atoms with Crippen LogP contribution in [0.15, 0.2) is 48.1 Å². The van der Waals surface area contributed by atoms with Crippen LogP contribution >= 0.6 is 0 Å². The van der Waals surface area contributed by atoms with Crippen LogP contribution < -0.4 is 5.32 Å². The summed E-state index contributed by atoms with van der Waals surface area (Å²) < 4.78 is 0. The number of rotatable bonds is 2. The molecule has 156 valence electrons. The first-order valence-electron chi connectivity index (χ1n) is 11.1. The van der Waals surface area contributed by atoms with Gasteiger partial charge in [-0.25, -0.2) is 9.97 Å². The molecule has 2 heterocycles. The molecule has 1 N–H and O–H groups in total. The summed E-state index contributed by atoms with van der Waals surface area (Å²) in [6, 6.07) is 12.4. The number of aromatic nitrogens is 2. The Morgan fingerprint density at radius 3 is 2.74 bits per heavy atom. The summed E-state index contributed by atoms with van der Waals surface area (Å²) in [5.41, 5.74) is 5.09. The summed E-state index contributed by atoms with van der Waals surface area (Å²) in [6.07, 6.45) is 6.79. The average Bonchev–Trinajstić information content (AvgIpc) is 2.82. The number of nitrogens with one attached hydrogen (secondary N) is 1. The predicted molar refractivity (Wildman–Crippen MR) is 120 cm³/mol. The van der Waals surface area contributed by atoms with E-state index in [1.54, 1.807) is 0 Å². The van der Waals surface area contributed by atoms with Crippen LogP contribution in [0.3, 0.4) is 0 Å². The van der Waals surface area contributed by atoms with Crippen molar-refractivity contribution in [2.75, 3.05) is 13.1 Å². The number of carbonyl (C=O) groups excluding carboxylic acids is 1. The van der Waals surface area contributed by atoms with Crippen molar-refractivity contribution in [2.45, 2.75) is 38.5 Å². The van der Waals surface area contributed by atoms with Gasteiger partial charge in [0.05, 0.1) is 17.0 Å². The predicted octanol–water partition coefficient (Wildman–Crippen LogP) is 4.01. The molecular weight excluding hydrogens is 384 g/mol. The van der Waals surface area contributed by atoms with Crippen LogP contribution in [0.25, 0.3) is 16.8 Å². The fraction of sp³-hybridized carbons (Fsp3) is 0.385. The average molecular weight is 411 g/mol. The minimum atomic E-state index is -0.462. The van der Waals surface area contributed by atoms with Crippen molar-refractivity contribution in [3.8, 4) is 17.3 Å². The largest absolute Gasteiger partial charge is 0.312 e. The summed E-state index contributed by atoms with van der Waals surface area (Å²) in [7, 11) is 0. The molecule has 0 bridgehead atoms. The molecular formula is C26H26N4O. The van der Waals surface area contributed by atoms with Gasteiger partial charge in [0.2, 0.25) is 0 Å². The summed E-state index contributed by atoms with van der Waals surface area (Å²) in [6.45, 7) is 5.83. The highest BCUT2D eigenvalue weighted by Gasteiger charge is 2.49. The maximum Gasteiger partial charge on any atom is 0.176 e. The fourth-order valence-corrected chi connectivity index (χ4v) is 5.57. The smallest absolute Gasteiger partial charge is 0.176 e. The molecule has 3 aliphatic rings. The van der Waals surface area contributed by atoms with Crippen molar-refractivity contribution in [3.05, 3.63) is 65.1 Å². The summed E-state index contributed by atoms with van der Waals surface area (Å²) in [4.78, 5) is 22.9. The lowest BCUT2D eigenvalue weighted by Gasteiger charge is -2.45. The Morgan fingerprint density at radius 2 is 2.03 bits per heavy atom. The number of nitriles is 1. The number of carbonyl (C=O) groups is 1. The molecule has 5 heteroatoms. The van der Waals surface area contributed by atoms with Gasteiger partial charge in [-0.1, -0.05) is 56.3 Å². The van der Waals surface area contributed by atoms with Crippen LogP contribution in [0.2, 0.25) is 0 Å². The first-order valence-corrected chi connectivity index (χ1v) is 11.1. The van der Waals surface area contributed by atoms with Crippen LogP contribution in [-0.2, 0) is 16.6 Å². The van der Waals surface area contributed by atoms with E-state index in [1.165, 1.54) is 0 Å². The Balaban J connectivity index is 1.78. The number of hydrogen-bond donors (Lipinski definition) is 1. The van der Waals surface area contributed by atoms with Crippen molar-refractivity contribution in [1.82, 2.24) is 15.3 Å². The van der Waals surface area contributed by atoms with E-state index in [1.807, 2.05) is 31.2 Å². The Morgan fingerprint density at radius 1 is 1.23 bits per heavy atom. The fourth-order valence-electron chi connectivity index (χ4n) is 5.57. The summed E-state index contributed by atoms with van der Waals surface area (Å²) in [5, 5.41) is 13.1. The standard InChI is InChI=1S/C26H26N4O/c1-16-21-11-10-20-22(17-7-4-3-5-8-17)29-25(18-9-6-12-28-15-18)30-24(20)26(21,2)13-19(14-27)23(16)31/h3-5,7-9,13,16,21,28H,6,10-12,15H2,1-2H3/t16-,21-,26-/m1/s1. The molecule has 31 heavy (non-hydrogen) atoms. The zero-order valence-electron chi connectivity index (χ0n) is 18.0. The van der Waals surface area contributed by atoms with E-state index < -0.39 is 5.41 Å². The van der Waals surface area contributed by atoms with Gasteiger partial charge in [-0.3, -0.25) is 4.79 Å². The van der Waals surface area contributed by atoms with Crippen LogP contribution in [-0.4, -0.2) is 28.8 Å². The highest BCUT2D eigenvalue weighted by Crippen LogP contribution is 2.50. The monoisotopic (exact) mass is 410 g/mol. The van der Waals surface area contributed by atoms with Gasteiger partial charge in [-0.05, 0) is 31.7 Å². The second-order valence-electron chi connectivity index (χ2n) is 9.03. The van der Waals surface area contributed by atoms with E-state index in [0.29, 0.717) is 0 Å². The highest BCUT2D eigenvalue weighted by molar-refractivity contribution is 6.02. The van der Waals surface area contributed by atoms with E-state index in [0.717, 1.165) is 66.3 Å². The van der Waals surface area contributed by atoms with Gasteiger partial charge in [-0.15, -0.1) is 0 Å². The van der Waals surface area contributed by atoms with Crippen molar-refractivity contribution < 1.29 is 4.79 Å². The Kier molecular flexibility index (Phi) is 4.83. The zero-order valence-corrected chi connectivity index (χ0v) is 18.0. The molecule has 1 aromatic heterocycles. The van der Waals surface area contributed by atoms with E-state index in [4.69, 9.17) is 9.97 Å². The molecule has 3 atom stereocenters. The number of nitrogens with zero attached hydrogens (tertiary/aromatic N) is 3. The topological polar surface area (TPSA) is 78.7 Å². The number of Topliss-reactive ketones (excluding diaryl/α,β-unsaturated/α-hetero) is 1. The van der Waals surface area contributed by atoms with Crippen molar-refractivity contribution in [2.24, 2.45) is 11.8 Å². The molecule has 0 saturated carbocycles. The number of hydrogen-bond acceptors (Lipinski definition) is 5. The molecule has 2 aromatic rings. The van der Waals surface area contributed by atoms with Crippen LogP contribution in [0, 0.1) is 23.2 Å². The third-order valence-electron chi connectivity index (χ3n) is 7.20. The molecule has 0 spiro atoms. The van der Waals surface area contributed by atoms with Crippen molar-refractivity contribution in [1.29, 1.82) is 5.26 Å². The molecule has 5 nitrogen and oxygen atoms in total. The van der Waals surface area contributed by atoms with Gasteiger partial charge < -0.3 is 5.32 Å². The van der Waals surface area contributed by atoms with Gasteiger partial charge in [0.25, 0.3) is 0 Å². The minimum Gasteiger partial charge on any atom is -0.312 e. The number of fused-ring (bicyclic) bond motifs is 3. The van der Waals surface area contributed by atoms with Crippen LogP contribution in [0.5, 0.6) is 0 Å². The third kappa shape index (κ3) is 3.14. The van der Waals surface area contributed by atoms with E-state index in [9.17, 15) is 10.1 Å². The lowest BCUT2D eigenvalue weighted by molar-refractivity contribution is -0.121. The number of benzene rings is 1. The molecule has 0 fully saturated rings. The zero-order chi connectivity index (χ0) is 21.6. The first-order chi connectivity index (χ1) is 15.0. The maximum absolute atomic E-state index is 12.7. The van der Waals surface area contributed by atoms with Gasteiger partial charge in [0.15, 0.2) is 11.6 Å². The molecule has 0 amide bonds. The maximum atomic E-state index is 12.7.